The van der Waals surface area contributed by atoms with Gasteiger partial charge in [-0.3, -0.25) is 14.8 Å². The Hall–Kier alpha value is -1.10. The van der Waals surface area contributed by atoms with Crippen molar-refractivity contribution in [2.75, 3.05) is 7.05 Å². The Kier molecular flexibility index (Phi) is 3.34. The molecule has 5 heteroatoms. The second-order valence-electron chi connectivity index (χ2n) is 4.48. The highest BCUT2D eigenvalue weighted by Crippen LogP contribution is 2.41. The average molecular weight is 214 g/mol. The van der Waals surface area contributed by atoms with E-state index in [0.717, 1.165) is 19.3 Å². The van der Waals surface area contributed by atoms with Crippen molar-refractivity contribution in [2.24, 2.45) is 5.41 Å². The lowest BCUT2D eigenvalue weighted by atomic mass is 9.69. The first-order chi connectivity index (χ1) is 6.92. The molecule has 1 aliphatic carbocycles. The van der Waals surface area contributed by atoms with Crippen LogP contribution in [0.1, 0.15) is 33.1 Å². The summed E-state index contributed by atoms with van der Waals surface area (Å²) >= 11 is 0. The molecular weight excluding hydrogens is 196 g/mol. The van der Waals surface area contributed by atoms with E-state index in [4.69, 9.17) is 5.21 Å². The summed E-state index contributed by atoms with van der Waals surface area (Å²) in [5.74, 6) is -0.585. The number of likely N-dealkylation sites (N-methyl/N-ethyl adjacent to an activating group) is 1. The lowest BCUT2D eigenvalue weighted by Crippen LogP contribution is -2.51. The first kappa shape index (κ1) is 12.0. The topological polar surface area (TPSA) is 69.6 Å². The van der Waals surface area contributed by atoms with Crippen LogP contribution in [0.4, 0.5) is 0 Å². The summed E-state index contributed by atoms with van der Waals surface area (Å²) in [6.07, 6.45) is 2.82. The third kappa shape index (κ3) is 2.12. The lowest BCUT2D eigenvalue weighted by molar-refractivity contribution is -0.151. The average Bonchev–Trinajstić information content (AvgIpc) is 2.21. The zero-order chi connectivity index (χ0) is 11.6. The molecule has 1 rings (SSSR count). The van der Waals surface area contributed by atoms with Crippen LogP contribution < -0.4 is 5.48 Å². The predicted octanol–water partition coefficient (Wildman–Crippen LogP) is 0.529. The quantitative estimate of drug-likeness (QED) is 0.532. The summed E-state index contributed by atoms with van der Waals surface area (Å²) in [5, 5.41) is 8.47. The monoisotopic (exact) mass is 214 g/mol. The SMILES string of the molecule is C[C@H](C(=O)NO)N(C)C(=O)C1(C)CCC1. The third-order valence-corrected chi connectivity index (χ3v) is 3.36. The minimum Gasteiger partial charge on any atom is -0.333 e. The van der Waals surface area contributed by atoms with Gasteiger partial charge in [0.2, 0.25) is 5.91 Å². The molecule has 0 bridgehead atoms. The van der Waals surface area contributed by atoms with Gasteiger partial charge >= 0.3 is 0 Å². The fourth-order valence-corrected chi connectivity index (χ4v) is 1.79. The zero-order valence-corrected chi connectivity index (χ0v) is 9.41. The molecule has 2 N–H and O–H groups in total. The summed E-state index contributed by atoms with van der Waals surface area (Å²) in [5.41, 5.74) is 1.25. The molecule has 2 amide bonds. The molecule has 5 nitrogen and oxygen atoms in total. The van der Waals surface area contributed by atoms with Crippen molar-refractivity contribution in [3.8, 4) is 0 Å². The van der Waals surface area contributed by atoms with Crippen molar-refractivity contribution in [3.05, 3.63) is 0 Å². The van der Waals surface area contributed by atoms with E-state index < -0.39 is 11.9 Å². The number of hydrogen-bond acceptors (Lipinski definition) is 3. The van der Waals surface area contributed by atoms with E-state index in [-0.39, 0.29) is 11.3 Å². The van der Waals surface area contributed by atoms with E-state index in [9.17, 15) is 9.59 Å². The maximum atomic E-state index is 12.0. The summed E-state index contributed by atoms with van der Waals surface area (Å²) in [7, 11) is 1.59. The smallest absolute Gasteiger partial charge is 0.265 e. The van der Waals surface area contributed by atoms with Crippen LogP contribution in [0.5, 0.6) is 0 Å². The Labute approximate surface area is 89.4 Å². The molecule has 0 spiro atoms. The van der Waals surface area contributed by atoms with Crippen LogP contribution in [0.25, 0.3) is 0 Å². The standard InChI is InChI=1S/C10H18N2O3/c1-7(8(13)11-15)12(3)9(14)10(2)5-4-6-10/h7,15H,4-6H2,1-3H3,(H,11,13)/t7-/m1/s1. The zero-order valence-electron chi connectivity index (χ0n) is 9.41. The van der Waals surface area contributed by atoms with Crippen LogP contribution in [-0.2, 0) is 9.59 Å². The summed E-state index contributed by atoms with van der Waals surface area (Å²) in [6, 6.07) is -0.639. The van der Waals surface area contributed by atoms with Gasteiger partial charge in [-0.1, -0.05) is 13.3 Å². The molecule has 86 valence electrons. The van der Waals surface area contributed by atoms with E-state index in [1.807, 2.05) is 6.92 Å². The van der Waals surface area contributed by atoms with Gasteiger partial charge in [0, 0.05) is 12.5 Å². The van der Waals surface area contributed by atoms with Gasteiger partial charge in [0.05, 0.1) is 0 Å². The highest BCUT2D eigenvalue weighted by molar-refractivity contribution is 5.89. The molecule has 1 aliphatic rings. The second-order valence-corrected chi connectivity index (χ2v) is 4.48. The third-order valence-electron chi connectivity index (χ3n) is 3.36. The maximum absolute atomic E-state index is 12.0. The van der Waals surface area contributed by atoms with Crippen LogP contribution in [0.3, 0.4) is 0 Å². The van der Waals surface area contributed by atoms with Gasteiger partial charge in [-0.15, -0.1) is 0 Å². The molecule has 1 fully saturated rings. The fraction of sp³-hybridized carbons (Fsp3) is 0.800. The molecule has 0 saturated heterocycles. The molecule has 0 aromatic rings. The van der Waals surface area contributed by atoms with E-state index in [2.05, 4.69) is 0 Å². The number of hydroxylamine groups is 1. The van der Waals surface area contributed by atoms with Gasteiger partial charge in [-0.05, 0) is 19.8 Å². The predicted molar refractivity (Wildman–Crippen MR) is 54.1 cm³/mol. The van der Waals surface area contributed by atoms with Crippen LogP contribution in [0, 0.1) is 5.41 Å². The molecule has 0 heterocycles. The van der Waals surface area contributed by atoms with Crippen molar-refractivity contribution < 1.29 is 14.8 Å². The summed E-state index contributed by atoms with van der Waals surface area (Å²) < 4.78 is 0. The minimum atomic E-state index is -0.639. The van der Waals surface area contributed by atoms with Gasteiger partial charge in [-0.25, -0.2) is 5.48 Å². The first-order valence-electron chi connectivity index (χ1n) is 5.13. The maximum Gasteiger partial charge on any atom is 0.265 e. The molecule has 15 heavy (non-hydrogen) atoms. The van der Waals surface area contributed by atoms with E-state index in [0.29, 0.717) is 0 Å². The van der Waals surface area contributed by atoms with E-state index in [1.165, 1.54) is 4.90 Å². The number of nitrogens with zero attached hydrogens (tertiary/aromatic N) is 1. The van der Waals surface area contributed by atoms with Gasteiger partial charge in [0.15, 0.2) is 0 Å². The summed E-state index contributed by atoms with van der Waals surface area (Å²) in [4.78, 5) is 24.5. The Morgan fingerprint density at radius 3 is 2.33 bits per heavy atom. The number of carbonyl (C=O) groups excluding carboxylic acids is 2. The lowest BCUT2D eigenvalue weighted by Gasteiger charge is -2.40. The van der Waals surface area contributed by atoms with Gasteiger partial charge in [0.25, 0.3) is 5.91 Å². The first-order valence-corrected chi connectivity index (χ1v) is 5.13. The highest BCUT2D eigenvalue weighted by atomic mass is 16.5. The fourth-order valence-electron chi connectivity index (χ4n) is 1.79. The van der Waals surface area contributed by atoms with E-state index in [1.54, 1.807) is 19.5 Å². The van der Waals surface area contributed by atoms with Crippen LogP contribution in [-0.4, -0.2) is 35.0 Å². The van der Waals surface area contributed by atoms with E-state index >= 15 is 0 Å². The molecule has 1 atom stereocenters. The number of amides is 2. The summed E-state index contributed by atoms with van der Waals surface area (Å²) in [6.45, 7) is 3.50. The number of rotatable bonds is 3. The van der Waals surface area contributed by atoms with Crippen molar-refractivity contribution in [1.82, 2.24) is 10.4 Å². The van der Waals surface area contributed by atoms with Crippen molar-refractivity contribution in [1.29, 1.82) is 0 Å². The van der Waals surface area contributed by atoms with Gasteiger partial charge < -0.3 is 4.90 Å². The van der Waals surface area contributed by atoms with Gasteiger partial charge in [0.1, 0.15) is 6.04 Å². The molecular formula is C10H18N2O3. The Morgan fingerprint density at radius 1 is 1.47 bits per heavy atom. The minimum absolute atomic E-state index is 0.0233. The highest BCUT2D eigenvalue weighted by Gasteiger charge is 2.42. The Bertz CT molecular complexity index is 274. The Balaban J connectivity index is 2.63. The van der Waals surface area contributed by atoms with Gasteiger partial charge in [-0.2, -0.15) is 0 Å². The van der Waals surface area contributed by atoms with Crippen LogP contribution in [0.15, 0.2) is 0 Å². The molecule has 0 aliphatic heterocycles. The van der Waals surface area contributed by atoms with Crippen molar-refractivity contribution in [3.63, 3.8) is 0 Å². The normalized spacial score (nSPS) is 20.0. The molecule has 0 aromatic carbocycles. The van der Waals surface area contributed by atoms with Crippen molar-refractivity contribution in [2.45, 2.75) is 39.2 Å². The van der Waals surface area contributed by atoms with Crippen LogP contribution >= 0.6 is 0 Å². The van der Waals surface area contributed by atoms with Crippen molar-refractivity contribution >= 4 is 11.8 Å². The largest absolute Gasteiger partial charge is 0.333 e. The number of nitrogens with one attached hydrogen (secondary N) is 1. The second kappa shape index (κ2) is 4.18. The molecule has 0 unspecified atom stereocenters. The number of carbonyl (C=O) groups is 2. The molecule has 1 saturated carbocycles. The molecule has 0 radical (unpaired) electrons. The Morgan fingerprint density at radius 2 is 2.00 bits per heavy atom. The number of hydrogen-bond donors (Lipinski definition) is 2. The van der Waals surface area contributed by atoms with Crippen LogP contribution in [0.2, 0.25) is 0 Å². The molecule has 0 aromatic heterocycles.